The van der Waals surface area contributed by atoms with Crippen LogP contribution in [0.2, 0.25) is 0 Å². The Bertz CT molecular complexity index is 723. The summed E-state index contributed by atoms with van der Waals surface area (Å²) in [6, 6.07) is 8.78. The Hall–Kier alpha value is -2.27. The van der Waals surface area contributed by atoms with Crippen LogP contribution in [-0.2, 0) is 0 Å². The van der Waals surface area contributed by atoms with Crippen molar-refractivity contribution in [2.75, 3.05) is 0 Å². The summed E-state index contributed by atoms with van der Waals surface area (Å²) in [7, 11) is 0. The van der Waals surface area contributed by atoms with E-state index >= 15 is 0 Å². The number of pyridine rings is 1. The third-order valence-corrected chi connectivity index (χ3v) is 3.23. The molecule has 0 atom stereocenters. The maximum absolute atomic E-state index is 11.3. The number of nitrogens with zero attached hydrogens (tertiary/aromatic N) is 2. The number of aromatic carboxylic acids is 1. The second kappa shape index (κ2) is 4.19. The van der Waals surface area contributed by atoms with Gasteiger partial charge in [-0.1, -0.05) is 18.2 Å². The minimum absolute atomic E-state index is 0.253. The van der Waals surface area contributed by atoms with Crippen molar-refractivity contribution in [2.45, 2.75) is 0 Å². The van der Waals surface area contributed by atoms with E-state index in [0.29, 0.717) is 22.3 Å². The molecule has 18 heavy (non-hydrogen) atoms. The number of rotatable bonds is 2. The topological polar surface area (TPSA) is 63.1 Å². The van der Waals surface area contributed by atoms with Crippen molar-refractivity contribution in [3.8, 4) is 11.4 Å². The SMILES string of the molecule is O=C(O)c1cc(-c2cscn2)nc2ccccc12. The minimum Gasteiger partial charge on any atom is -0.478 e. The fourth-order valence-corrected chi connectivity index (χ4v) is 2.37. The molecule has 3 rings (SSSR count). The van der Waals surface area contributed by atoms with Crippen molar-refractivity contribution in [2.24, 2.45) is 0 Å². The monoisotopic (exact) mass is 256 g/mol. The number of fused-ring (bicyclic) bond motifs is 1. The Morgan fingerprint density at radius 3 is 2.78 bits per heavy atom. The smallest absolute Gasteiger partial charge is 0.336 e. The van der Waals surface area contributed by atoms with E-state index in [0.717, 1.165) is 0 Å². The van der Waals surface area contributed by atoms with Crippen LogP contribution in [0.1, 0.15) is 10.4 Å². The molecule has 1 N–H and O–H groups in total. The molecule has 0 aliphatic carbocycles. The molecule has 0 unspecified atom stereocenters. The minimum atomic E-state index is -0.954. The first-order chi connectivity index (χ1) is 8.75. The highest BCUT2D eigenvalue weighted by molar-refractivity contribution is 7.07. The molecule has 0 saturated carbocycles. The van der Waals surface area contributed by atoms with Crippen LogP contribution < -0.4 is 0 Å². The number of para-hydroxylation sites is 1. The summed E-state index contributed by atoms with van der Waals surface area (Å²) in [6.45, 7) is 0. The predicted octanol–water partition coefficient (Wildman–Crippen LogP) is 3.06. The first-order valence-electron chi connectivity index (χ1n) is 5.27. The molecule has 0 amide bonds. The van der Waals surface area contributed by atoms with Crippen LogP contribution in [0.3, 0.4) is 0 Å². The molecule has 1 aromatic carbocycles. The standard InChI is InChI=1S/C13H8N2O2S/c16-13(17)9-5-11(12-6-18-7-14-12)15-10-4-2-1-3-8(9)10/h1-7H,(H,16,17). The summed E-state index contributed by atoms with van der Waals surface area (Å²) >= 11 is 1.46. The Morgan fingerprint density at radius 1 is 1.22 bits per heavy atom. The molecule has 0 radical (unpaired) electrons. The quantitative estimate of drug-likeness (QED) is 0.765. The maximum atomic E-state index is 11.3. The van der Waals surface area contributed by atoms with Gasteiger partial charge in [-0.15, -0.1) is 11.3 Å². The van der Waals surface area contributed by atoms with Gasteiger partial charge in [-0.05, 0) is 12.1 Å². The Balaban J connectivity index is 2.33. The van der Waals surface area contributed by atoms with Gasteiger partial charge < -0.3 is 5.11 Å². The molecular formula is C13H8N2O2S. The van der Waals surface area contributed by atoms with Crippen LogP contribution in [0.4, 0.5) is 0 Å². The number of carbonyl (C=O) groups is 1. The van der Waals surface area contributed by atoms with Gasteiger partial charge in [0, 0.05) is 10.8 Å². The number of carboxylic acid groups (broad SMARTS) is 1. The van der Waals surface area contributed by atoms with Gasteiger partial charge in [0.15, 0.2) is 0 Å². The van der Waals surface area contributed by atoms with Crippen molar-refractivity contribution in [1.82, 2.24) is 9.97 Å². The maximum Gasteiger partial charge on any atom is 0.336 e. The van der Waals surface area contributed by atoms with Crippen LogP contribution >= 0.6 is 11.3 Å². The summed E-state index contributed by atoms with van der Waals surface area (Å²) in [6.07, 6.45) is 0. The van der Waals surface area contributed by atoms with E-state index in [4.69, 9.17) is 0 Å². The van der Waals surface area contributed by atoms with Crippen molar-refractivity contribution in [1.29, 1.82) is 0 Å². The fourth-order valence-electron chi connectivity index (χ4n) is 1.82. The van der Waals surface area contributed by atoms with Crippen LogP contribution in [0.25, 0.3) is 22.3 Å². The Kier molecular flexibility index (Phi) is 2.53. The molecule has 2 heterocycles. The first-order valence-corrected chi connectivity index (χ1v) is 6.21. The number of hydrogen-bond donors (Lipinski definition) is 1. The highest BCUT2D eigenvalue weighted by Gasteiger charge is 2.13. The number of thiazole rings is 1. The lowest BCUT2D eigenvalue weighted by atomic mass is 10.1. The molecule has 88 valence electrons. The van der Waals surface area contributed by atoms with E-state index < -0.39 is 5.97 Å². The zero-order valence-electron chi connectivity index (χ0n) is 9.20. The number of hydrogen-bond acceptors (Lipinski definition) is 4. The molecule has 0 saturated heterocycles. The second-order valence-electron chi connectivity index (χ2n) is 3.75. The Morgan fingerprint density at radius 2 is 2.06 bits per heavy atom. The normalized spacial score (nSPS) is 10.7. The van der Waals surface area contributed by atoms with Crippen LogP contribution in [0, 0.1) is 0 Å². The van der Waals surface area contributed by atoms with Crippen LogP contribution in [0.15, 0.2) is 41.2 Å². The van der Waals surface area contributed by atoms with Crippen LogP contribution in [0.5, 0.6) is 0 Å². The fraction of sp³-hybridized carbons (Fsp3) is 0. The van der Waals surface area contributed by atoms with Gasteiger partial charge in [-0.25, -0.2) is 14.8 Å². The largest absolute Gasteiger partial charge is 0.478 e. The van der Waals surface area contributed by atoms with E-state index in [-0.39, 0.29) is 5.56 Å². The second-order valence-corrected chi connectivity index (χ2v) is 4.47. The molecule has 0 aliphatic rings. The molecule has 2 aromatic heterocycles. The molecule has 0 fully saturated rings. The average molecular weight is 256 g/mol. The van der Waals surface area contributed by atoms with Crippen molar-refractivity contribution >= 4 is 28.2 Å². The first kappa shape index (κ1) is 10.9. The molecule has 0 spiro atoms. The Labute approximate surface area is 107 Å². The lowest BCUT2D eigenvalue weighted by Gasteiger charge is -2.04. The van der Waals surface area contributed by atoms with Crippen LogP contribution in [-0.4, -0.2) is 21.0 Å². The third kappa shape index (κ3) is 1.74. The van der Waals surface area contributed by atoms with Crippen molar-refractivity contribution in [3.05, 3.63) is 46.8 Å². The lowest BCUT2D eigenvalue weighted by molar-refractivity contribution is 0.0699. The molecule has 3 aromatic rings. The number of benzene rings is 1. The summed E-state index contributed by atoms with van der Waals surface area (Å²) in [4.78, 5) is 19.9. The molecular weight excluding hydrogens is 248 g/mol. The lowest BCUT2D eigenvalue weighted by Crippen LogP contribution is -2.00. The average Bonchev–Trinajstić information content (AvgIpc) is 2.91. The van der Waals surface area contributed by atoms with Crippen molar-refractivity contribution < 1.29 is 9.90 Å². The molecule has 0 aliphatic heterocycles. The van der Waals surface area contributed by atoms with E-state index in [2.05, 4.69) is 9.97 Å². The molecule has 5 heteroatoms. The zero-order valence-corrected chi connectivity index (χ0v) is 10.0. The highest BCUT2D eigenvalue weighted by atomic mass is 32.1. The van der Waals surface area contributed by atoms with Gasteiger partial charge in [0.1, 0.15) is 0 Å². The summed E-state index contributed by atoms with van der Waals surface area (Å²) < 4.78 is 0. The van der Waals surface area contributed by atoms with E-state index in [1.807, 2.05) is 11.4 Å². The van der Waals surface area contributed by atoms with Crippen molar-refractivity contribution in [3.63, 3.8) is 0 Å². The van der Waals surface area contributed by atoms with Gasteiger partial charge >= 0.3 is 5.97 Å². The highest BCUT2D eigenvalue weighted by Crippen LogP contribution is 2.24. The summed E-state index contributed by atoms with van der Waals surface area (Å²) in [5, 5.41) is 11.8. The van der Waals surface area contributed by atoms with E-state index in [9.17, 15) is 9.90 Å². The van der Waals surface area contributed by atoms with Gasteiger partial charge in [0.2, 0.25) is 0 Å². The van der Waals surface area contributed by atoms with E-state index in [1.165, 1.54) is 11.3 Å². The molecule has 0 bridgehead atoms. The van der Waals surface area contributed by atoms with E-state index in [1.54, 1.807) is 29.8 Å². The van der Waals surface area contributed by atoms with Gasteiger partial charge in [0.05, 0.1) is 28.0 Å². The molecule has 4 nitrogen and oxygen atoms in total. The zero-order chi connectivity index (χ0) is 12.5. The third-order valence-electron chi connectivity index (χ3n) is 2.64. The van der Waals surface area contributed by atoms with Gasteiger partial charge in [-0.2, -0.15) is 0 Å². The number of carboxylic acids is 1. The van der Waals surface area contributed by atoms with Gasteiger partial charge in [0.25, 0.3) is 0 Å². The number of aromatic nitrogens is 2. The summed E-state index contributed by atoms with van der Waals surface area (Å²) in [5.41, 5.74) is 3.91. The predicted molar refractivity (Wildman–Crippen MR) is 69.8 cm³/mol. The van der Waals surface area contributed by atoms with Gasteiger partial charge in [-0.3, -0.25) is 0 Å². The summed E-state index contributed by atoms with van der Waals surface area (Å²) in [5.74, 6) is -0.954.